The minimum absolute atomic E-state index is 1.18. The fourth-order valence-electron chi connectivity index (χ4n) is 4.42. The number of hydrogen-bond acceptors (Lipinski definition) is 0. The number of H-pyrrole nitrogens is 1. The van der Waals surface area contributed by atoms with E-state index in [1.54, 1.807) is 0 Å². The molecule has 6 rings (SSSR count). The second-order valence-corrected chi connectivity index (χ2v) is 7.51. The van der Waals surface area contributed by atoms with Gasteiger partial charge in [0, 0.05) is 21.9 Å². The first-order valence-electron chi connectivity index (χ1n) is 9.96. The van der Waals surface area contributed by atoms with Gasteiger partial charge in [0.25, 0.3) is 0 Å². The summed E-state index contributed by atoms with van der Waals surface area (Å²) >= 11 is 0. The Labute approximate surface area is 169 Å². The molecule has 1 N–H and O–H groups in total. The van der Waals surface area contributed by atoms with Crippen LogP contribution in [0.1, 0.15) is 0 Å². The maximum Gasteiger partial charge on any atom is 0.0545 e. The molecule has 0 saturated carbocycles. The summed E-state index contributed by atoms with van der Waals surface area (Å²) in [6.07, 6.45) is 0. The smallest absolute Gasteiger partial charge is 0.0545 e. The van der Waals surface area contributed by atoms with Gasteiger partial charge in [-0.25, -0.2) is 0 Å². The van der Waals surface area contributed by atoms with E-state index in [0.717, 1.165) is 0 Å². The summed E-state index contributed by atoms with van der Waals surface area (Å²) in [5, 5.41) is 5.08. The Morgan fingerprint density at radius 1 is 0.448 bits per heavy atom. The van der Waals surface area contributed by atoms with Crippen LogP contribution in [0.15, 0.2) is 109 Å². The van der Waals surface area contributed by atoms with Gasteiger partial charge in [0.2, 0.25) is 0 Å². The Morgan fingerprint density at radius 3 is 2.07 bits per heavy atom. The van der Waals surface area contributed by atoms with E-state index in [1.165, 1.54) is 54.8 Å². The lowest BCUT2D eigenvalue weighted by Gasteiger charge is -2.11. The third kappa shape index (κ3) is 2.55. The first-order chi connectivity index (χ1) is 14.4. The van der Waals surface area contributed by atoms with Crippen molar-refractivity contribution in [1.29, 1.82) is 0 Å². The van der Waals surface area contributed by atoms with Crippen LogP contribution in [0.25, 0.3) is 54.8 Å². The van der Waals surface area contributed by atoms with Crippen molar-refractivity contribution in [2.45, 2.75) is 0 Å². The highest BCUT2D eigenvalue weighted by molar-refractivity contribution is 6.15. The maximum atomic E-state index is 3.69. The van der Waals surface area contributed by atoms with Gasteiger partial charge in [-0.2, -0.15) is 0 Å². The van der Waals surface area contributed by atoms with Crippen molar-refractivity contribution >= 4 is 32.6 Å². The van der Waals surface area contributed by atoms with Crippen LogP contribution >= 0.6 is 0 Å². The van der Waals surface area contributed by atoms with Crippen LogP contribution in [0.3, 0.4) is 0 Å². The molecule has 0 atom stereocenters. The summed E-state index contributed by atoms with van der Waals surface area (Å²) < 4.78 is 0. The molecular weight excluding hydrogens is 350 g/mol. The number of para-hydroxylation sites is 1. The van der Waals surface area contributed by atoms with Gasteiger partial charge in [-0.3, -0.25) is 0 Å². The SMILES string of the molecule is c1ccc(-c2cc(-c3cccc4ccccc34)c3[nH]c4ccccc4c3c2)cc1. The van der Waals surface area contributed by atoms with E-state index in [1.807, 2.05) is 0 Å². The van der Waals surface area contributed by atoms with Gasteiger partial charge in [-0.1, -0.05) is 91.0 Å². The molecule has 1 heteroatoms. The number of rotatable bonds is 2. The van der Waals surface area contributed by atoms with Gasteiger partial charge in [-0.15, -0.1) is 0 Å². The van der Waals surface area contributed by atoms with E-state index < -0.39 is 0 Å². The average Bonchev–Trinajstić information content (AvgIpc) is 3.17. The molecule has 0 unspecified atom stereocenters. The van der Waals surface area contributed by atoms with E-state index >= 15 is 0 Å². The molecule has 0 aliphatic heterocycles. The minimum atomic E-state index is 1.18. The number of nitrogens with one attached hydrogen (secondary N) is 1. The molecule has 0 fully saturated rings. The van der Waals surface area contributed by atoms with Crippen molar-refractivity contribution in [3.63, 3.8) is 0 Å². The Bertz CT molecular complexity index is 1480. The van der Waals surface area contributed by atoms with E-state index in [0.29, 0.717) is 0 Å². The van der Waals surface area contributed by atoms with Crippen LogP contribution in [0.4, 0.5) is 0 Å². The van der Waals surface area contributed by atoms with Gasteiger partial charge in [0.1, 0.15) is 0 Å². The standard InChI is InChI=1S/C28H19N/c1-2-9-19(10-3-1)21-17-25(23-15-8-12-20-11-4-5-13-22(20)23)28-26(18-21)24-14-6-7-16-27(24)29-28/h1-18,29H. The summed E-state index contributed by atoms with van der Waals surface area (Å²) in [6.45, 7) is 0. The van der Waals surface area contributed by atoms with Gasteiger partial charge >= 0.3 is 0 Å². The second-order valence-electron chi connectivity index (χ2n) is 7.51. The summed E-state index contributed by atoms with van der Waals surface area (Å²) in [6, 6.07) is 39.0. The lowest BCUT2D eigenvalue weighted by molar-refractivity contribution is 1.54. The van der Waals surface area contributed by atoms with Crippen molar-refractivity contribution < 1.29 is 0 Å². The number of fused-ring (bicyclic) bond motifs is 4. The van der Waals surface area contributed by atoms with E-state index in [4.69, 9.17) is 0 Å². The number of aromatic amines is 1. The highest BCUT2D eigenvalue weighted by Crippen LogP contribution is 2.39. The Balaban J connectivity index is 1.77. The highest BCUT2D eigenvalue weighted by atomic mass is 14.7. The lowest BCUT2D eigenvalue weighted by Crippen LogP contribution is -1.86. The zero-order valence-electron chi connectivity index (χ0n) is 15.9. The van der Waals surface area contributed by atoms with Gasteiger partial charge in [0.15, 0.2) is 0 Å². The van der Waals surface area contributed by atoms with Crippen LogP contribution in [0.2, 0.25) is 0 Å². The first kappa shape index (κ1) is 16.1. The molecule has 0 bridgehead atoms. The van der Waals surface area contributed by atoms with Crippen LogP contribution in [0.5, 0.6) is 0 Å². The lowest BCUT2D eigenvalue weighted by atomic mass is 9.93. The molecule has 1 heterocycles. The number of hydrogen-bond donors (Lipinski definition) is 1. The number of aromatic nitrogens is 1. The predicted octanol–water partition coefficient (Wildman–Crippen LogP) is 7.81. The van der Waals surface area contributed by atoms with Crippen LogP contribution in [0, 0.1) is 0 Å². The quantitative estimate of drug-likeness (QED) is 0.320. The maximum absolute atomic E-state index is 3.69. The fraction of sp³-hybridized carbons (Fsp3) is 0. The second kappa shape index (κ2) is 6.35. The van der Waals surface area contributed by atoms with Gasteiger partial charge in [0.05, 0.1) is 5.52 Å². The first-order valence-corrected chi connectivity index (χ1v) is 9.96. The van der Waals surface area contributed by atoms with Gasteiger partial charge in [-0.05, 0) is 45.7 Å². The van der Waals surface area contributed by atoms with Crippen LogP contribution in [-0.4, -0.2) is 4.98 Å². The van der Waals surface area contributed by atoms with Gasteiger partial charge < -0.3 is 4.98 Å². The van der Waals surface area contributed by atoms with Crippen molar-refractivity contribution in [3.05, 3.63) is 109 Å². The van der Waals surface area contributed by atoms with Crippen molar-refractivity contribution in [2.24, 2.45) is 0 Å². The third-order valence-electron chi connectivity index (χ3n) is 5.80. The summed E-state index contributed by atoms with van der Waals surface area (Å²) in [7, 11) is 0. The normalized spacial score (nSPS) is 11.4. The predicted molar refractivity (Wildman–Crippen MR) is 124 cm³/mol. The third-order valence-corrected chi connectivity index (χ3v) is 5.80. The minimum Gasteiger partial charge on any atom is -0.354 e. The Kier molecular flexibility index (Phi) is 3.54. The largest absolute Gasteiger partial charge is 0.354 e. The monoisotopic (exact) mass is 369 g/mol. The van der Waals surface area contributed by atoms with Crippen molar-refractivity contribution in [2.75, 3.05) is 0 Å². The molecule has 0 saturated heterocycles. The zero-order valence-corrected chi connectivity index (χ0v) is 15.9. The molecule has 6 aromatic rings. The Morgan fingerprint density at radius 2 is 1.17 bits per heavy atom. The molecule has 0 radical (unpaired) electrons. The molecule has 0 amide bonds. The molecule has 1 aromatic heterocycles. The summed E-state index contributed by atoms with van der Waals surface area (Å²) in [4.78, 5) is 3.69. The molecule has 5 aromatic carbocycles. The summed E-state index contributed by atoms with van der Waals surface area (Å²) in [5.41, 5.74) is 7.36. The molecule has 136 valence electrons. The van der Waals surface area contributed by atoms with E-state index in [-0.39, 0.29) is 0 Å². The fourth-order valence-corrected chi connectivity index (χ4v) is 4.42. The zero-order chi connectivity index (χ0) is 19.2. The summed E-state index contributed by atoms with van der Waals surface area (Å²) in [5.74, 6) is 0. The van der Waals surface area contributed by atoms with E-state index in [9.17, 15) is 0 Å². The molecular formula is C28H19N. The van der Waals surface area contributed by atoms with Crippen molar-refractivity contribution in [1.82, 2.24) is 4.98 Å². The van der Waals surface area contributed by atoms with Crippen molar-refractivity contribution in [3.8, 4) is 22.3 Å². The topological polar surface area (TPSA) is 15.8 Å². The van der Waals surface area contributed by atoms with E-state index in [2.05, 4.69) is 114 Å². The molecule has 29 heavy (non-hydrogen) atoms. The molecule has 0 aliphatic rings. The highest BCUT2D eigenvalue weighted by Gasteiger charge is 2.14. The molecule has 0 aliphatic carbocycles. The molecule has 1 nitrogen and oxygen atoms in total. The van der Waals surface area contributed by atoms with Crippen LogP contribution in [-0.2, 0) is 0 Å². The number of benzene rings is 5. The Hall–Kier alpha value is -3.84. The molecule has 0 spiro atoms. The van der Waals surface area contributed by atoms with Crippen LogP contribution < -0.4 is 0 Å². The average molecular weight is 369 g/mol.